The molecule has 80 valence electrons. The molecule has 2 heterocycles. The van der Waals surface area contributed by atoms with Gasteiger partial charge in [0.25, 0.3) is 0 Å². The molecule has 3 nitrogen and oxygen atoms in total. The number of aromatic nitrogens is 2. The Kier molecular flexibility index (Phi) is 2.23. The van der Waals surface area contributed by atoms with Gasteiger partial charge in [0, 0.05) is 17.1 Å². The van der Waals surface area contributed by atoms with Gasteiger partial charge in [0.1, 0.15) is 6.10 Å². The van der Waals surface area contributed by atoms with Crippen molar-refractivity contribution in [2.24, 2.45) is 0 Å². The lowest BCUT2D eigenvalue weighted by Gasteiger charge is -2.08. The molecule has 16 heavy (non-hydrogen) atoms. The van der Waals surface area contributed by atoms with Crippen LogP contribution in [0.1, 0.15) is 17.4 Å². The summed E-state index contributed by atoms with van der Waals surface area (Å²) in [4.78, 5) is 7.25. The first kappa shape index (κ1) is 9.57. The summed E-state index contributed by atoms with van der Waals surface area (Å²) < 4.78 is 0. The molecule has 2 N–H and O–H groups in total. The second-order valence-electron chi connectivity index (χ2n) is 3.64. The molecule has 3 aromatic rings. The Hall–Kier alpha value is -1.65. The smallest absolute Gasteiger partial charge is 0.122 e. The van der Waals surface area contributed by atoms with Crippen LogP contribution in [0.15, 0.2) is 41.4 Å². The molecule has 0 aliphatic heterocycles. The maximum absolute atomic E-state index is 10.1. The molecule has 0 amide bonds. The summed E-state index contributed by atoms with van der Waals surface area (Å²) in [6.07, 6.45) is 1.26. The van der Waals surface area contributed by atoms with Crippen LogP contribution in [-0.2, 0) is 0 Å². The minimum absolute atomic E-state index is 0.634. The Bertz CT molecular complexity index is 600. The van der Waals surface area contributed by atoms with Gasteiger partial charge in [0.05, 0.1) is 11.2 Å². The van der Waals surface area contributed by atoms with Gasteiger partial charge >= 0.3 is 0 Å². The highest BCUT2D eigenvalue weighted by molar-refractivity contribution is 7.07. The van der Waals surface area contributed by atoms with Crippen molar-refractivity contribution in [3.63, 3.8) is 0 Å². The van der Waals surface area contributed by atoms with E-state index in [2.05, 4.69) is 9.97 Å². The zero-order chi connectivity index (χ0) is 11.0. The predicted molar refractivity (Wildman–Crippen MR) is 64.5 cm³/mol. The molecule has 1 atom stereocenters. The van der Waals surface area contributed by atoms with Crippen molar-refractivity contribution in [2.45, 2.75) is 6.10 Å². The number of nitrogens with one attached hydrogen (secondary N) is 1. The third kappa shape index (κ3) is 1.52. The van der Waals surface area contributed by atoms with E-state index in [1.165, 1.54) is 11.3 Å². The fourth-order valence-electron chi connectivity index (χ4n) is 1.77. The first-order chi connectivity index (χ1) is 7.84. The van der Waals surface area contributed by atoms with Crippen LogP contribution in [0.25, 0.3) is 10.9 Å². The topological polar surface area (TPSA) is 48.9 Å². The number of nitrogens with zero attached hydrogens (tertiary/aromatic N) is 1. The minimum atomic E-state index is -0.634. The number of rotatable bonds is 2. The van der Waals surface area contributed by atoms with Crippen molar-refractivity contribution >= 4 is 22.2 Å². The quantitative estimate of drug-likeness (QED) is 0.711. The zero-order valence-corrected chi connectivity index (χ0v) is 9.24. The number of thiazole rings is 1. The van der Waals surface area contributed by atoms with Crippen molar-refractivity contribution in [1.29, 1.82) is 0 Å². The van der Waals surface area contributed by atoms with Crippen LogP contribution in [0, 0.1) is 0 Å². The Morgan fingerprint density at radius 1 is 1.31 bits per heavy atom. The number of fused-ring (bicyclic) bond motifs is 1. The van der Waals surface area contributed by atoms with Crippen LogP contribution in [0.4, 0.5) is 0 Å². The zero-order valence-electron chi connectivity index (χ0n) is 8.42. The van der Waals surface area contributed by atoms with E-state index in [4.69, 9.17) is 0 Å². The van der Waals surface area contributed by atoms with Crippen molar-refractivity contribution in [1.82, 2.24) is 9.97 Å². The standard InChI is InChI=1S/C12H10N2OS/c15-12(11-6-16-7-14-11)9-1-2-10-8(5-9)3-4-13-10/h1-7,12-13,15H. The predicted octanol–water partition coefficient (Wildman–Crippen LogP) is 2.71. The van der Waals surface area contributed by atoms with Gasteiger partial charge in [-0.05, 0) is 29.1 Å². The highest BCUT2D eigenvalue weighted by Gasteiger charge is 2.12. The summed E-state index contributed by atoms with van der Waals surface area (Å²) in [5.41, 5.74) is 4.39. The third-order valence-electron chi connectivity index (χ3n) is 2.62. The largest absolute Gasteiger partial charge is 0.382 e. The molecule has 0 spiro atoms. The van der Waals surface area contributed by atoms with Crippen LogP contribution in [0.5, 0.6) is 0 Å². The Balaban J connectivity index is 2.05. The van der Waals surface area contributed by atoms with E-state index in [1.807, 2.05) is 35.8 Å². The van der Waals surface area contributed by atoms with Gasteiger partial charge in [-0.25, -0.2) is 4.98 Å². The van der Waals surface area contributed by atoms with E-state index in [0.717, 1.165) is 16.5 Å². The summed E-state index contributed by atoms with van der Waals surface area (Å²) in [7, 11) is 0. The minimum Gasteiger partial charge on any atom is -0.382 e. The molecule has 0 saturated heterocycles. The van der Waals surface area contributed by atoms with E-state index in [0.29, 0.717) is 5.69 Å². The van der Waals surface area contributed by atoms with Crippen molar-refractivity contribution in [3.8, 4) is 0 Å². The first-order valence-corrected chi connectivity index (χ1v) is 5.92. The normalized spacial score (nSPS) is 13.1. The van der Waals surface area contributed by atoms with E-state index in [9.17, 15) is 5.11 Å². The monoisotopic (exact) mass is 230 g/mol. The average molecular weight is 230 g/mol. The Morgan fingerprint density at radius 3 is 3.06 bits per heavy atom. The first-order valence-electron chi connectivity index (χ1n) is 4.98. The molecule has 0 radical (unpaired) electrons. The van der Waals surface area contributed by atoms with Gasteiger partial charge in [-0.2, -0.15) is 0 Å². The molecule has 0 aliphatic rings. The lowest BCUT2D eigenvalue weighted by Crippen LogP contribution is -1.99. The lowest BCUT2D eigenvalue weighted by molar-refractivity contribution is 0.216. The molecule has 2 aromatic heterocycles. The lowest BCUT2D eigenvalue weighted by atomic mass is 10.1. The number of H-pyrrole nitrogens is 1. The summed E-state index contributed by atoms with van der Waals surface area (Å²) in [6, 6.07) is 7.87. The SMILES string of the molecule is OC(c1ccc2[nH]ccc2c1)c1cscn1. The molecule has 0 bridgehead atoms. The molecular weight excluding hydrogens is 220 g/mol. The molecule has 0 fully saturated rings. The second kappa shape index (κ2) is 3.73. The van der Waals surface area contributed by atoms with Gasteiger partial charge in [-0.1, -0.05) is 6.07 Å². The number of benzene rings is 1. The second-order valence-corrected chi connectivity index (χ2v) is 4.36. The van der Waals surface area contributed by atoms with Crippen LogP contribution in [0.2, 0.25) is 0 Å². The maximum Gasteiger partial charge on any atom is 0.122 e. The fraction of sp³-hybridized carbons (Fsp3) is 0.0833. The summed E-state index contributed by atoms with van der Waals surface area (Å²) >= 11 is 1.49. The molecule has 3 rings (SSSR count). The van der Waals surface area contributed by atoms with E-state index < -0.39 is 6.10 Å². The molecule has 1 aromatic carbocycles. The summed E-state index contributed by atoms with van der Waals surface area (Å²) in [5.74, 6) is 0. The van der Waals surface area contributed by atoms with Crippen molar-refractivity contribution in [2.75, 3.05) is 0 Å². The summed E-state index contributed by atoms with van der Waals surface area (Å²) in [6.45, 7) is 0. The molecule has 0 aliphatic carbocycles. The molecular formula is C12H10N2OS. The van der Waals surface area contributed by atoms with Gasteiger partial charge in [-0.15, -0.1) is 11.3 Å². The Labute approximate surface area is 96.4 Å². The number of hydrogen-bond acceptors (Lipinski definition) is 3. The average Bonchev–Trinajstić information content (AvgIpc) is 2.98. The number of aromatic amines is 1. The Morgan fingerprint density at radius 2 is 2.25 bits per heavy atom. The fourth-order valence-corrected chi connectivity index (χ4v) is 2.34. The number of aliphatic hydroxyl groups excluding tert-OH is 1. The van der Waals surface area contributed by atoms with Crippen LogP contribution >= 0.6 is 11.3 Å². The number of hydrogen-bond donors (Lipinski definition) is 2. The third-order valence-corrected chi connectivity index (χ3v) is 3.23. The molecule has 1 unspecified atom stereocenters. The van der Waals surface area contributed by atoms with Gasteiger partial charge in [0.15, 0.2) is 0 Å². The van der Waals surface area contributed by atoms with Crippen LogP contribution < -0.4 is 0 Å². The van der Waals surface area contributed by atoms with Gasteiger partial charge in [0.2, 0.25) is 0 Å². The van der Waals surface area contributed by atoms with E-state index in [-0.39, 0.29) is 0 Å². The highest BCUT2D eigenvalue weighted by atomic mass is 32.1. The van der Waals surface area contributed by atoms with Gasteiger partial charge < -0.3 is 10.1 Å². The van der Waals surface area contributed by atoms with Gasteiger partial charge in [-0.3, -0.25) is 0 Å². The maximum atomic E-state index is 10.1. The van der Waals surface area contributed by atoms with Crippen molar-refractivity contribution < 1.29 is 5.11 Å². The molecule has 0 saturated carbocycles. The van der Waals surface area contributed by atoms with Crippen LogP contribution in [0.3, 0.4) is 0 Å². The van der Waals surface area contributed by atoms with Crippen LogP contribution in [-0.4, -0.2) is 15.1 Å². The van der Waals surface area contributed by atoms with E-state index >= 15 is 0 Å². The van der Waals surface area contributed by atoms with E-state index in [1.54, 1.807) is 5.51 Å². The number of aliphatic hydroxyl groups is 1. The molecule has 4 heteroatoms. The summed E-state index contributed by atoms with van der Waals surface area (Å²) in [5, 5.41) is 13.1. The van der Waals surface area contributed by atoms with Crippen molar-refractivity contribution in [3.05, 3.63) is 52.6 Å². The highest BCUT2D eigenvalue weighted by Crippen LogP contribution is 2.24.